The standard InChI is InChI=1S/C16H19N3O4/c1-9-4-5-11(8-10(9)2)14(16(22)23)17-15(21)12-6-7-13(20)19(3)18-12/h4-5,8,14H,6-7H2,1-3H3,(H,17,21)(H,22,23). The molecule has 2 amide bonds. The van der Waals surface area contributed by atoms with Gasteiger partial charge in [0, 0.05) is 19.9 Å². The van der Waals surface area contributed by atoms with Gasteiger partial charge in [0.25, 0.3) is 5.91 Å². The van der Waals surface area contributed by atoms with Gasteiger partial charge in [0.1, 0.15) is 5.71 Å². The molecule has 23 heavy (non-hydrogen) atoms. The lowest BCUT2D eigenvalue weighted by Gasteiger charge is -2.21. The van der Waals surface area contributed by atoms with E-state index in [1.165, 1.54) is 7.05 Å². The highest BCUT2D eigenvalue weighted by molar-refractivity contribution is 6.39. The molecule has 0 bridgehead atoms. The molecule has 1 unspecified atom stereocenters. The van der Waals surface area contributed by atoms with Gasteiger partial charge in [-0.25, -0.2) is 9.80 Å². The van der Waals surface area contributed by atoms with Crippen molar-refractivity contribution in [1.82, 2.24) is 10.3 Å². The van der Waals surface area contributed by atoms with E-state index in [1.807, 2.05) is 19.9 Å². The number of rotatable bonds is 4. The molecular formula is C16H19N3O4. The van der Waals surface area contributed by atoms with Crippen LogP contribution in [0.5, 0.6) is 0 Å². The first-order valence-corrected chi connectivity index (χ1v) is 7.24. The summed E-state index contributed by atoms with van der Waals surface area (Å²) in [5, 5.41) is 16.9. The molecule has 0 aliphatic carbocycles. The molecule has 7 heteroatoms. The van der Waals surface area contributed by atoms with Crippen LogP contribution in [0.1, 0.15) is 35.6 Å². The zero-order valence-corrected chi connectivity index (χ0v) is 13.3. The molecular weight excluding hydrogens is 298 g/mol. The summed E-state index contributed by atoms with van der Waals surface area (Å²) in [7, 11) is 1.47. The minimum atomic E-state index is -1.16. The fraction of sp³-hybridized carbons (Fsp3) is 0.375. The normalized spacial score (nSPS) is 15.9. The molecule has 0 aromatic heterocycles. The number of carbonyl (C=O) groups is 3. The fourth-order valence-electron chi connectivity index (χ4n) is 2.28. The first-order valence-electron chi connectivity index (χ1n) is 7.24. The number of carbonyl (C=O) groups excluding carboxylic acids is 2. The molecule has 1 aliphatic heterocycles. The maximum atomic E-state index is 12.2. The Morgan fingerprint density at radius 2 is 1.96 bits per heavy atom. The van der Waals surface area contributed by atoms with Gasteiger partial charge in [-0.1, -0.05) is 18.2 Å². The number of carboxylic acids is 1. The van der Waals surface area contributed by atoms with E-state index in [9.17, 15) is 19.5 Å². The van der Waals surface area contributed by atoms with Crippen molar-refractivity contribution in [3.63, 3.8) is 0 Å². The second-order valence-corrected chi connectivity index (χ2v) is 5.55. The number of aliphatic carboxylic acids is 1. The van der Waals surface area contributed by atoms with E-state index in [4.69, 9.17) is 0 Å². The molecule has 1 aromatic carbocycles. The molecule has 122 valence electrons. The average Bonchev–Trinajstić information content (AvgIpc) is 2.50. The van der Waals surface area contributed by atoms with Gasteiger partial charge >= 0.3 is 5.97 Å². The first kappa shape index (κ1) is 16.7. The zero-order valence-electron chi connectivity index (χ0n) is 13.3. The molecule has 2 N–H and O–H groups in total. The summed E-state index contributed by atoms with van der Waals surface area (Å²) < 4.78 is 0. The number of amides is 2. The third-order valence-corrected chi connectivity index (χ3v) is 3.86. The van der Waals surface area contributed by atoms with Crippen LogP contribution in [0.3, 0.4) is 0 Å². The van der Waals surface area contributed by atoms with Gasteiger partial charge in [-0.2, -0.15) is 5.10 Å². The van der Waals surface area contributed by atoms with Crippen LogP contribution in [0, 0.1) is 13.8 Å². The molecule has 1 aromatic rings. The van der Waals surface area contributed by atoms with E-state index in [2.05, 4.69) is 10.4 Å². The fourth-order valence-corrected chi connectivity index (χ4v) is 2.28. The van der Waals surface area contributed by atoms with Crippen molar-refractivity contribution in [2.75, 3.05) is 7.05 Å². The number of hydrogen-bond donors (Lipinski definition) is 2. The lowest BCUT2D eigenvalue weighted by atomic mass is 10.0. The number of nitrogens with zero attached hydrogens (tertiary/aromatic N) is 2. The summed E-state index contributed by atoms with van der Waals surface area (Å²) in [6, 6.07) is 4.08. The molecule has 0 radical (unpaired) electrons. The summed E-state index contributed by atoms with van der Waals surface area (Å²) in [5.74, 6) is -1.90. The summed E-state index contributed by atoms with van der Waals surface area (Å²) in [4.78, 5) is 35.1. The molecule has 0 saturated heterocycles. The van der Waals surface area contributed by atoms with Gasteiger partial charge in [0.05, 0.1) is 0 Å². The highest BCUT2D eigenvalue weighted by Gasteiger charge is 2.27. The van der Waals surface area contributed by atoms with Crippen LogP contribution in [0.15, 0.2) is 23.3 Å². The molecule has 1 heterocycles. The molecule has 1 aliphatic rings. The van der Waals surface area contributed by atoms with Gasteiger partial charge in [-0.05, 0) is 30.5 Å². The van der Waals surface area contributed by atoms with Crippen molar-refractivity contribution < 1.29 is 19.5 Å². The van der Waals surface area contributed by atoms with E-state index in [0.29, 0.717) is 5.56 Å². The molecule has 0 spiro atoms. The van der Waals surface area contributed by atoms with Crippen molar-refractivity contribution in [2.45, 2.75) is 32.7 Å². The topological polar surface area (TPSA) is 99.1 Å². The van der Waals surface area contributed by atoms with Crippen molar-refractivity contribution in [3.8, 4) is 0 Å². The lowest BCUT2D eigenvalue weighted by molar-refractivity contribution is -0.141. The van der Waals surface area contributed by atoms with E-state index in [0.717, 1.165) is 16.1 Å². The third kappa shape index (κ3) is 3.74. The Bertz CT molecular complexity index is 697. The Hall–Kier alpha value is -2.70. The van der Waals surface area contributed by atoms with Crippen LogP contribution in [0.2, 0.25) is 0 Å². The minimum Gasteiger partial charge on any atom is -0.479 e. The number of carboxylic acid groups (broad SMARTS) is 1. The van der Waals surface area contributed by atoms with Gasteiger partial charge in [0.2, 0.25) is 5.91 Å². The summed E-state index contributed by atoms with van der Waals surface area (Å²) in [6.45, 7) is 3.81. The smallest absolute Gasteiger partial charge is 0.330 e. The van der Waals surface area contributed by atoms with E-state index in [1.54, 1.807) is 12.1 Å². The summed E-state index contributed by atoms with van der Waals surface area (Å²) in [5.41, 5.74) is 2.64. The van der Waals surface area contributed by atoms with E-state index in [-0.39, 0.29) is 24.5 Å². The highest BCUT2D eigenvalue weighted by atomic mass is 16.4. The molecule has 2 rings (SSSR count). The largest absolute Gasteiger partial charge is 0.479 e. The maximum Gasteiger partial charge on any atom is 0.330 e. The van der Waals surface area contributed by atoms with Crippen molar-refractivity contribution in [3.05, 3.63) is 34.9 Å². The maximum absolute atomic E-state index is 12.2. The van der Waals surface area contributed by atoms with Crippen LogP contribution in [-0.2, 0) is 14.4 Å². The van der Waals surface area contributed by atoms with Crippen LogP contribution in [-0.4, -0.2) is 40.7 Å². The second kappa shape index (κ2) is 6.60. The average molecular weight is 317 g/mol. The van der Waals surface area contributed by atoms with Gasteiger partial charge in [-0.15, -0.1) is 0 Å². The minimum absolute atomic E-state index is 0.155. The number of aryl methyl sites for hydroxylation is 2. The van der Waals surface area contributed by atoms with Gasteiger partial charge < -0.3 is 10.4 Å². The van der Waals surface area contributed by atoms with E-state index < -0.39 is 17.9 Å². The summed E-state index contributed by atoms with van der Waals surface area (Å²) >= 11 is 0. The van der Waals surface area contributed by atoms with Gasteiger partial charge in [0.15, 0.2) is 6.04 Å². The number of benzene rings is 1. The monoisotopic (exact) mass is 317 g/mol. The van der Waals surface area contributed by atoms with Crippen LogP contribution in [0.4, 0.5) is 0 Å². The molecule has 7 nitrogen and oxygen atoms in total. The van der Waals surface area contributed by atoms with Crippen molar-refractivity contribution in [1.29, 1.82) is 0 Å². The Balaban J connectivity index is 2.21. The Morgan fingerprint density at radius 1 is 1.26 bits per heavy atom. The van der Waals surface area contributed by atoms with E-state index >= 15 is 0 Å². The number of hydrazone groups is 1. The first-order chi connectivity index (χ1) is 10.8. The van der Waals surface area contributed by atoms with Gasteiger partial charge in [-0.3, -0.25) is 9.59 Å². The quantitative estimate of drug-likeness (QED) is 0.870. The third-order valence-electron chi connectivity index (χ3n) is 3.86. The predicted molar refractivity (Wildman–Crippen MR) is 83.9 cm³/mol. The molecule has 0 fully saturated rings. The van der Waals surface area contributed by atoms with Crippen LogP contribution >= 0.6 is 0 Å². The molecule has 1 atom stereocenters. The van der Waals surface area contributed by atoms with Crippen LogP contribution < -0.4 is 5.32 Å². The summed E-state index contributed by atoms with van der Waals surface area (Å²) in [6.07, 6.45) is 0.387. The van der Waals surface area contributed by atoms with Crippen LogP contribution in [0.25, 0.3) is 0 Å². The van der Waals surface area contributed by atoms with Crippen molar-refractivity contribution >= 4 is 23.5 Å². The Labute approximate surface area is 134 Å². The number of hydrogen-bond acceptors (Lipinski definition) is 4. The number of nitrogens with one attached hydrogen (secondary N) is 1. The SMILES string of the molecule is Cc1ccc(C(NC(=O)C2=NN(C)C(=O)CC2)C(=O)O)cc1C. The molecule has 0 saturated carbocycles. The Kier molecular flexibility index (Phi) is 4.78. The zero-order chi connectivity index (χ0) is 17.1. The predicted octanol–water partition coefficient (Wildman–Crippen LogP) is 1.15. The highest BCUT2D eigenvalue weighted by Crippen LogP contribution is 2.18. The van der Waals surface area contributed by atoms with Crippen molar-refractivity contribution in [2.24, 2.45) is 5.10 Å². The lowest BCUT2D eigenvalue weighted by Crippen LogP contribution is -2.41. The Morgan fingerprint density at radius 3 is 2.52 bits per heavy atom. The second-order valence-electron chi connectivity index (χ2n) is 5.55.